The predicted octanol–water partition coefficient (Wildman–Crippen LogP) is 3.48. The minimum absolute atomic E-state index is 0.137. The Morgan fingerprint density at radius 1 is 0.968 bits per heavy atom. The fourth-order valence-electron chi connectivity index (χ4n) is 3.92. The molecule has 1 saturated heterocycles. The van der Waals surface area contributed by atoms with Crippen molar-refractivity contribution >= 4 is 22.0 Å². The molecule has 1 aliphatic heterocycles. The van der Waals surface area contributed by atoms with Crippen molar-refractivity contribution < 1.29 is 17.9 Å². The van der Waals surface area contributed by atoms with E-state index in [0.717, 1.165) is 27.8 Å². The third kappa shape index (κ3) is 4.67. The molecule has 31 heavy (non-hydrogen) atoms. The second-order valence-corrected chi connectivity index (χ2v) is 9.77. The molecule has 0 unspecified atom stereocenters. The van der Waals surface area contributed by atoms with Gasteiger partial charge in [-0.15, -0.1) is 0 Å². The zero-order chi connectivity index (χ0) is 22.8. The first kappa shape index (κ1) is 23.0. The van der Waals surface area contributed by atoms with Crippen LogP contribution in [0.15, 0.2) is 41.3 Å². The smallest absolute Gasteiger partial charge is 0.246 e. The van der Waals surface area contributed by atoms with Crippen LogP contribution in [0.2, 0.25) is 0 Å². The number of benzene rings is 2. The minimum Gasteiger partial charge on any atom is -0.496 e. The Hall–Kier alpha value is -2.64. The van der Waals surface area contributed by atoms with Crippen molar-refractivity contribution in [3.63, 3.8) is 0 Å². The van der Waals surface area contributed by atoms with E-state index in [-0.39, 0.29) is 19.0 Å². The van der Waals surface area contributed by atoms with E-state index in [9.17, 15) is 13.2 Å². The summed E-state index contributed by atoms with van der Waals surface area (Å²) in [5.41, 5.74) is 4.34. The highest BCUT2D eigenvalue weighted by Gasteiger charge is 2.32. The molecule has 0 aliphatic carbocycles. The van der Waals surface area contributed by atoms with Gasteiger partial charge < -0.3 is 9.64 Å². The highest BCUT2D eigenvalue weighted by Crippen LogP contribution is 2.29. The van der Waals surface area contributed by atoms with Crippen LogP contribution in [0.1, 0.15) is 27.8 Å². The number of sulfonamides is 1. The number of carbonyl (C=O) groups is 1. The number of methoxy groups -OCH3 is 1. The highest BCUT2D eigenvalue weighted by atomic mass is 32.2. The lowest BCUT2D eigenvalue weighted by Gasteiger charge is -2.34. The lowest BCUT2D eigenvalue weighted by molar-refractivity contribution is -0.127. The molecule has 0 saturated carbocycles. The average molecular weight is 443 g/mol. The molecule has 2 aromatic carbocycles. The van der Waals surface area contributed by atoms with Crippen molar-refractivity contribution in [3.05, 3.63) is 64.2 Å². The normalized spacial score (nSPS) is 15.5. The molecule has 6 nitrogen and oxygen atoms in total. The third-order valence-electron chi connectivity index (χ3n) is 5.99. The van der Waals surface area contributed by atoms with Crippen molar-refractivity contribution in [1.29, 1.82) is 0 Å². The summed E-state index contributed by atoms with van der Waals surface area (Å²) in [6.45, 7) is 8.87. The van der Waals surface area contributed by atoms with Crippen molar-refractivity contribution in [1.82, 2.24) is 9.21 Å². The first-order valence-electron chi connectivity index (χ1n) is 10.3. The summed E-state index contributed by atoms with van der Waals surface area (Å²) >= 11 is 0. The molecule has 0 bridgehead atoms. The van der Waals surface area contributed by atoms with E-state index < -0.39 is 10.0 Å². The van der Waals surface area contributed by atoms with Gasteiger partial charge in [0.1, 0.15) is 5.75 Å². The molecule has 0 spiro atoms. The number of rotatable bonds is 5. The zero-order valence-electron chi connectivity index (χ0n) is 18.8. The predicted molar refractivity (Wildman–Crippen MR) is 123 cm³/mol. The maximum Gasteiger partial charge on any atom is 0.246 e. The van der Waals surface area contributed by atoms with Gasteiger partial charge in [0.25, 0.3) is 0 Å². The first-order valence-corrected chi connectivity index (χ1v) is 11.8. The molecule has 1 heterocycles. The number of hydrogen-bond donors (Lipinski definition) is 0. The van der Waals surface area contributed by atoms with E-state index in [1.54, 1.807) is 18.1 Å². The van der Waals surface area contributed by atoms with Gasteiger partial charge in [-0.25, -0.2) is 8.42 Å². The monoisotopic (exact) mass is 442 g/mol. The molecular weight excluding hydrogens is 412 g/mol. The summed E-state index contributed by atoms with van der Waals surface area (Å²) in [5, 5.41) is 0. The van der Waals surface area contributed by atoms with E-state index in [1.807, 2.05) is 58.0 Å². The number of amides is 1. The maximum absolute atomic E-state index is 13.4. The fraction of sp³-hybridized carbons (Fsp3) is 0.375. The van der Waals surface area contributed by atoms with E-state index in [0.29, 0.717) is 23.7 Å². The number of ether oxygens (including phenoxy) is 1. The number of nitrogens with zero attached hydrogens (tertiary/aromatic N) is 2. The minimum atomic E-state index is -3.62. The van der Waals surface area contributed by atoms with Crippen molar-refractivity contribution in [2.24, 2.45) is 0 Å². The molecule has 2 aromatic rings. The zero-order valence-corrected chi connectivity index (χ0v) is 19.6. The number of hydrogen-bond acceptors (Lipinski definition) is 4. The van der Waals surface area contributed by atoms with Gasteiger partial charge in [0.2, 0.25) is 15.9 Å². The summed E-state index contributed by atoms with van der Waals surface area (Å²) in [6.07, 6.45) is 3.24. The summed E-state index contributed by atoms with van der Waals surface area (Å²) in [4.78, 5) is 14.7. The molecule has 166 valence electrons. The molecule has 1 amide bonds. The van der Waals surface area contributed by atoms with Crippen LogP contribution < -0.4 is 4.74 Å². The van der Waals surface area contributed by atoms with Crippen LogP contribution in [-0.4, -0.2) is 56.8 Å². The van der Waals surface area contributed by atoms with Crippen molar-refractivity contribution in [2.45, 2.75) is 32.6 Å². The van der Waals surface area contributed by atoms with Gasteiger partial charge in [-0.2, -0.15) is 4.31 Å². The van der Waals surface area contributed by atoms with Crippen molar-refractivity contribution in [3.8, 4) is 5.75 Å². The maximum atomic E-state index is 13.4. The molecule has 1 aliphatic rings. The van der Waals surface area contributed by atoms with E-state index in [4.69, 9.17) is 4.74 Å². The Bertz CT molecular complexity index is 1090. The SMILES string of the molecule is COc1ccccc1/C=C/C(=O)N1CCN(S(=O)(=O)c2c(C)c(C)cc(C)c2C)CC1. The van der Waals surface area contributed by atoms with Crippen LogP contribution in [0.4, 0.5) is 0 Å². The van der Waals surface area contributed by atoms with Gasteiger partial charge >= 0.3 is 0 Å². The van der Waals surface area contributed by atoms with Crippen LogP contribution >= 0.6 is 0 Å². The highest BCUT2D eigenvalue weighted by molar-refractivity contribution is 7.89. The summed E-state index contributed by atoms with van der Waals surface area (Å²) in [5.74, 6) is 0.559. The second kappa shape index (κ2) is 9.24. The summed E-state index contributed by atoms with van der Waals surface area (Å²) < 4.78 is 33.6. The van der Waals surface area contributed by atoms with Gasteiger partial charge in [-0.05, 0) is 62.1 Å². The molecule has 1 fully saturated rings. The van der Waals surface area contributed by atoms with Crippen LogP contribution in [-0.2, 0) is 14.8 Å². The Kier molecular flexibility index (Phi) is 6.86. The lowest BCUT2D eigenvalue weighted by Crippen LogP contribution is -2.50. The molecule has 7 heteroatoms. The number of piperazine rings is 1. The van der Waals surface area contributed by atoms with Gasteiger partial charge in [0, 0.05) is 37.8 Å². The van der Waals surface area contributed by atoms with Crippen LogP contribution in [0, 0.1) is 27.7 Å². The van der Waals surface area contributed by atoms with Gasteiger partial charge in [-0.3, -0.25) is 4.79 Å². The number of aryl methyl sites for hydroxylation is 2. The molecule has 0 aromatic heterocycles. The quantitative estimate of drug-likeness (QED) is 0.665. The van der Waals surface area contributed by atoms with Crippen LogP contribution in [0.25, 0.3) is 6.08 Å². The Morgan fingerprint density at radius 2 is 1.55 bits per heavy atom. The van der Waals surface area contributed by atoms with Gasteiger partial charge in [0.15, 0.2) is 0 Å². The van der Waals surface area contributed by atoms with Gasteiger partial charge in [-0.1, -0.05) is 24.3 Å². The second-order valence-electron chi connectivity index (χ2n) is 7.89. The standard InChI is InChI=1S/C24H30N2O4S/c1-17-16-18(2)20(4)24(19(17)3)31(28,29)26-14-12-25(13-15-26)23(27)11-10-21-8-6-7-9-22(21)30-5/h6-11,16H,12-15H2,1-5H3/b11-10+. The van der Waals surface area contributed by atoms with Crippen molar-refractivity contribution in [2.75, 3.05) is 33.3 Å². The molecular formula is C24H30N2O4S. The molecule has 3 rings (SSSR count). The number of para-hydroxylation sites is 1. The Balaban J connectivity index is 1.72. The van der Waals surface area contributed by atoms with E-state index in [2.05, 4.69) is 0 Å². The molecule has 0 radical (unpaired) electrons. The molecule has 0 N–H and O–H groups in total. The summed E-state index contributed by atoms with van der Waals surface area (Å²) in [6, 6.07) is 9.49. The van der Waals surface area contributed by atoms with Crippen LogP contribution in [0.3, 0.4) is 0 Å². The average Bonchev–Trinajstić information content (AvgIpc) is 2.76. The Labute approximate surface area is 185 Å². The van der Waals surface area contributed by atoms with E-state index in [1.165, 1.54) is 10.4 Å². The first-order chi connectivity index (χ1) is 14.7. The largest absolute Gasteiger partial charge is 0.496 e. The fourth-order valence-corrected chi connectivity index (χ4v) is 5.91. The van der Waals surface area contributed by atoms with E-state index >= 15 is 0 Å². The Morgan fingerprint density at radius 3 is 2.13 bits per heavy atom. The molecule has 0 atom stereocenters. The third-order valence-corrected chi connectivity index (χ3v) is 8.16. The topological polar surface area (TPSA) is 66.9 Å². The lowest BCUT2D eigenvalue weighted by atomic mass is 10.0. The number of carbonyl (C=O) groups excluding carboxylic acids is 1. The summed E-state index contributed by atoms with van der Waals surface area (Å²) in [7, 11) is -2.03. The van der Waals surface area contributed by atoms with Crippen LogP contribution in [0.5, 0.6) is 5.75 Å². The van der Waals surface area contributed by atoms with Gasteiger partial charge in [0.05, 0.1) is 12.0 Å².